The molecule has 0 radical (unpaired) electrons. The maximum absolute atomic E-state index is 13.2. The Hall–Kier alpha value is -3.75. The monoisotopic (exact) mass is 497 g/mol. The van der Waals surface area contributed by atoms with Gasteiger partial charge in [-0.05, 0) is 53.8 Å². The highest BCUT2D eigenvalue weighted by atomic mass is 35.5. The van der Waals surface area contributed by atoms with Crippen molar-refractivity contribution in [2.75, 3.05) is 23.4 Å². The molecule has 1 saturated heterocycles. The maximum atomic E-state index is 13.2. The quantitative estimate of drug-likeness (QED) is 0.413. The second-order valence-electron chi connectivity index (χ2n) is 7.90. The van der Waals surface area contributed by atoms with Gasteiger partial charge in [0.2, 0.25) is 5.56 Å². The number of H-pyrrole nitrogens is 1. The number of carbonyl (C=O) groups excluding carboxylic acids is 2. The molecule has 0 bridgehead atoms. The first kappa shape index (κ1) is 25.9. The Balaban J connectivity index is 0.00000342. The molecule has 1 aliphatic rings. The maximum Gasteiger partial charge on any atom is 0.259 e. The summed E-state index contributed by atoms with van der Waals surface area (Å²) in [4.78, 5) is 41.9. The van der Waals surface area contributed by atoms with Crippen LogP contribution in [0.4, 0.5) is 11.4 Å². The first-order valence-corrected chi connectivity index (χ1v) is 10.6. The van der Waals surface area contributed by atoms with Crippen LogP contribution in [0, 0.1) is 18.3 Å². The predicted octanol–water partition coefficient (Wildman–Crippen LogP) is 1.32. The number of aliphatic hydroxyl groups is 1. The van der Waals surface area contributed by atoms with Crippen LogP contribution >= 0.6 is 12.4 Å². The zero-order valence-electron chi connectivity index (χ0n) is 18.8. The van der Waals surface area contributed by atoms with Crippen molar-refractivity contribution in [3.8, 4) is 6.07 Å². The van der Waals surface area contributed by atoms with E-state index < -0.39 is 24.0 Å². The molecule has 182 valence electrons. The van der Waals surface area contributed by atoms with Crippen molar-refractivity contribution in [1.82, 2.24) is 4.98 Å². The standard InChI is InChI=1S/C24H23N5O5.ClH/c1-13-18(6-3-14-4-7-19(30)28-20(13)14)29-8-9-34-22(24(29)33)21(31)23(32)27-17-5-2-15(11-25)16(10-17)12-26;/h2-7,10,21-22,31H,8-9,12,26H2,1H3,(H,27,32)(H,28,30);1H/t21-,22-;/m1./s1. The zero-order valence-corrected chi connectivity index (χ0v) is 19.6. The molecular weight excluding hydrogens is 474 g/mol. The molecular formula is C24H24ClN5O5. The normalized spacial score (nSPS) is 16.3. The Morgan fingerprint density at radius 2 is 2.06 bits per heavy atom. The van der Waals surface area contributed by atoms with Crippen molar-refractivity contribution in [3.05, 3.63) is 69.5 Å². The van der Waals surface area contributed by atoms with Crippen LogP contribution in [0.3, 0.4) is 0 Å². The molecule has 35 heavy (non-hydrogen) atoms. The summed E-state index contributed by atoms with van der Waals surface area (Å²) in [7, 11) is 0. The summed E-state index contributed by atoms with van der Waals surface area (Å²) in [6.07, 6.45) is -3.18. The molecule has 2 aromatic carbocycles. The Bertz CT molecular complexity index is 1380. The number of nitrogens with one attached hydrogen (secondary N) is 2. The fourth-order valence-corrected chi connectivity index (χ4v) is 4.02. The zero-order chi connectivity index (χ0) is 24.4. The van der Waals surface area contributed by atoms with Crippen LogP contribution in [0.2, 0.25) is 0 Å². The fraction of sp³-hybridized carbons (Fsp3) is 0.250. The number of nitrogens with zero attached hydrogens (tertiary/aromatic N) is 2. The summed E-state index contributed by atoms with van der Waals surface area (Å²) in [5.74, 6) is -1.40. The van der Waals surface area contributed by atoms with E-state index in [0.29, 0.717) is 33.6 Å². The van der Waals surface area contributed by atoms with Gasteiger partial charge in [0.05, 0.1) is 23.8 Å². The van der Waals surface area contributed by atoms with E-state index >= 15 is 0 Å². The number of hydrogen-bond donors (Lipinski definition) is 4. The van der Waals surface area contributed by atoms with Gasteiger partial charge in [0, 0.05) is 30.5 Å². The number of carbonyl (C=O) groups is 2. The fourth-order valence-electron chi connectivity index (χ4n) is 4.02. The van der Waals surface area contributed by atoms with Crippen molar-refractivity contribution < 1.29 is 19.4 Å². The second kappa shape index (κ2) is 10.7. The minimum absolute atomic E-state index is 0. The average molecular weight is 498 g/mol. The SMILES string of the molecule is Cc1c(N2CCO[C@H]([C@@H](O)C(=O)Nc3ccc(C#N)c(CN)c3)C2=O)ccc2ccc(=O)[nH]c12.Cl. The van der Waals surface area contributed by atoms with E-state index in [4.69, 9.17) is 15.7 Å². The van der Waals surface area contributed by atoms with Crippen LogP contribution in [-0.4, -0.2) is 47.3 Å². The van der Waals surface area contributed by atoms with Crippen LogP contribution < -0.4 is 21.5 Å². The highest BCUT2D eigenvalue weighted by molar-refractivity contribution is 6.05. The van der Waals surface area contributed by atoms with Gasteiger partial charge in [-0.15, -0.1) is 12.4 Å². The molecule has 0 aliphatic carbocycles. The van der Waals surface area contributed by atoms with Gasteiger partial charge < -0.3 is 30.8 Å². The van der Waals surface area contributed by atoms with E-state index in [1.54, 1.807) is 25.1 Å². The lowest BCUT2D eigenvalue weighted by Gasteiger charge is -2.35. The van der Waals surface area contributed by atoms with E-state index in [9.17, 15) is 19.5 Å². The van der Waals surface area contributed by atoms with E-state index in [1.807, 2.05) is 6.07 Å². The molecule has 0 saturated carbocycles. The minimum Gasteiger partial charge on any atom is -0.380 e. The van der Waals surface area contributed by atoms with Gasteiger partial charge in [-0.3, -0.25) is 14.4 Å². The molecule has 4 rings (SSSR count). The lowest BCUT2D eigenvalue weighted by Crippen LogP contribution is -2.55. The highest BCUT2D eigenvalue weighted by Crippen LogP contribution is 2.29. The van der Waals surface area contributed by atoms with E-state index in [-0.39, 0.29) is 37.7 Å². The summed E-state index contributed by atoms with van der Waals surface area (Å²) < 4.78 is 5.47. The van der Waals surface area contributed by atoms with Crippen LogP contribution in [0.1, 0.15) is 16.7 Å². The number of hydrogen-bond acceptors (Lipinski definition) is 7. The summed E-state index contributed by atoms with van der Waals surface area (Å²) in [5.41, 5.74) is 8.49. The topological polar surface area (TPSA) is 162 Å². The van der Waals surface area contributed by atoms with Gasteiger partial charge >= 0.3 is 0 Å². The van der Waals surface area contributed by atoms with E-state index in [0.717, 1.165) is 5.39 Å². The van der Waals surface area contributed by atoms with Crippen molar-refractivity contribution in [2.24, 2.45) is 5.73 Å². The molecule has 0 unspecified atom stereocenters. The van der Waals surface area contributed by atoms with Gasteiger partial charge in [-0.1, -0.05) is 6.07 Å². The molecule has 2 heterocycles. The summed E-state index contributed by atoms with van der Waals surface area (Å²) in [5, 5.41) is 23.1. The van der Waals surface area contributed by atoms with Crippen molar-refractivity contribution in [2.45, 2.75) is 25.7 Å². The van der Waals surface area contributed by atoms with Gasteiger partial charge in [-0.2, -0.15) is 5.26 Å². The number of anilines is 2. The number of aliphatic hydroxyl groups excluding tert-OH is 1. The molecule has 1 aromatic heterocycles. The number of aromatic amines is 1. The number of rotatable bonds is 5. The van der Waals surface area contributed by atoms with Gasteiger partial charge in [0.1, 0.15) is 0 Å². The number of nitrogens with two attached hydrogens (primary N) is 1. The second-order valence-corrected chi connectivity index (χ2v) is 7.90. The number of nitriles is 1. The van der Waals surface area contributed by atoms with Gasteiger partial charge in [0.15, 0.2) is 12.2 Å². The summed E-state index contributed by atoms with van der Waals surface area (Å²) in [6, 6.07) is 13.2. The molecule has 0 spiro atoms. The number of amides is 2. The third-order valence-electron chi connectivity index (χ3n) is 5.81. The number of aryl methyl sites for hydroxylation is 1. The van der Waals surface area contributed by atoms with E-state index in [1.165, 1.54) is 29.2 Å². The number of fused-ring (bicyclic) bond motifs is 1. The van der Waals surface area contributed by atoms with Gasteiger partial charge in [0.25, 0.3) is 11.8 Å². The molecule has 11 heteroatoms. The van der Waals surface area contributed by atoms with Crippen LogP contribution in [0.15, 0.2) is 47.3 Å². The molecule has 1 aliphatic heterocycles. The Labute approximate surface area is 206 Å². The van der Waals surface area contributed by atoms with Crippen LogP contribution in [0.5, 0.6) is 0 Å². The Morgan fingerprint density at radius 3 is 2.77 bits per heavy atom. The van der Waals surface area contributed by atoms with E-state index in [2.05, 4.69) is 10.3 Å². The molecule has 3 aromatic rings. The average Bonchev–Trinajstić information content (AvgIpc) is 2.84. The molecule has 5 N–H and O–H groups in total. The van der Waals surface area contributed by atoms with Crippen molar-refractivity contribution >= 4 is 46.5 Å². The highest BCUT2D eigenvalue weighted by Gasteiger charge is 2.39. The van der Waals surface area contributed by atoms with Crippen molar-refractivity contribution in [1.29, 1.82) is 5.26 Å². The minimum atomic E-state index is -1.77. The third kappa shape index (κ3) is 5.03. The molecule has 10 nitrogen and oxygen atoms in total. The number of aromatic nitrogens is 1. The first-order valence-electron chi connectivity index (χ1n) is 10.6. The Morgan fingerprint density at radius 1 is 1.31 bits per heavy atom. The number of ether oxygens (including phenoxy) is 1. The number of halogens is 1. The smallest absolute Gasteiger partial charge is 0.259 e. The molecule has 2 amide bonds. The van der Waals surface area contributed by atoms with Gasteiger partial charge in [-0.25, -0.2) is 0 Å². The third-order valence-corrected chi connectivity index (χ3v) is 5.81. The first-order chi connectivity index (χ1) is 16.3. The summed E-state index contributed by atoms with van der Waals surface area (Å²) >= 11 is 0. The Kier molecular flexibility index (Phi) is 7.89. The summed E-state index contributed by atoms with van der Waals surface area (Å²) in [6.45, 7) is 2.22. The van der Waals surface area contributed by atoms with Crippen LogP contribution in [-0.2, 0) is 20.9 Å². The van der Waals surface area contributed by atoms with Crippen molar-refractivity contribution in [3.63, 3.8) is 0 Å². The molecule has 1 fully saturated rings. The predicted molar refractivity (Wildman–Crippen MR) is 132 cm³/mol. The number of benzene rings is 2. The molecule has 2 atom stereocenters. The number of pyridine rings is 1. The number of morpholine rings is 1. The lowest BCUT2D eigenvalue weighted by atomic mass is 10.0. The largest absolute Gasteiger partial charge is 0.380 e. The van der Waals surface area contributed by atoms with Crippen LogP contribution in [0.25, 0.3) is 10.9 Å². The lowest BCUT2D eigenvalue weighted by molar-refractivity contribution is -0.150.